The van der Waals surface area contributed by atoms with Crippen LogP contribution in [-0.2, 0) is 0 Å². The lowest BCUT2D eigenvalue weighted by molar-refractivity contribution is 0.360. The Morgan fingerprint density at radius 1 is 1.12 bits per heavy atom. The lowest BCUT2D eigenvalue weighted by Gasteiger charge is -2.38. The first kappa shape index (κ1) is 15.2. The number of hydrogen-bond donors (Lipinski definition) is 1. The average Bonchev–Trinajstić information content (AvgIpc) is 2.58. The Bertz CT molecular complexity index is 779. The van der Waals surface area contributed by atoms with Crippen molar-refractivity contribution in [1.29, 1.82) is 0 Å². The van der Waals surface area contributed by atoms with Crippen molar-refractivity contribution >= 4 is 28.8 Å². The van der Waals surface area contributed by atoms with Crippen molar-refractivity contribution in [3.63, 3.8) is 0 Å². The van der Waals surface area contributed by atoms with E-state index < -0.39 is 11.6 Å². The van der Waals surface area contributed by atoms with Crippen LogP contribution in [0.25, 0.3) is 0 Å². The van der Waals surface area contributed by atoms with Crippen LogP contribution in [0.1, 0.15) is 13.8 Å². The lowest BCUT2D eigenvalue weighted by atomic mass is 10.1. The van der Waals surface area contributed by atoms with E-state index in [4.69, 9.17) is 4.99 Å². The van der Waals surface area contributed by atoms with Gasteiger partial charge in [-0.1, -0.05) is 0 Å². The van der Waals surface area contributed by atoms with Crippen molar-refractivity contribution in [1.82, 2.24) is 10.2 Å². The van der Waals surface area contributed by atoms with Crippen LogP contribution in [0.3, 0.4) is 0 Å². The van der Waals surface area contributed by atoms with Crippen LogP contribution in [0, 0.1) is 11.6 Å². The van der Waals surface area contributed by atoms with Crippen LogP contribution in [0.2, 0.25) is 0 Å². The molecule has 1 aromatic rings. The largest absolute Gasteiger partial charge is 0.351 e. The molecule has 1 aromatic carbocycles. The molecule has 4 rings (SSSR count). The number of rotatable bonds is 0. The molecule has 3 heterocycles. The number of nitrogens with zero attached hydrogens (tertiary/aromatic N) is 5. The zero-order chi connectivity index (χ0) is 16.8. The summed E-state index contributed by atoms with van der Waals surface area (Å²) in [5.74, 6) is -0.573. The Balaban J connectivity index is 1.87. The summed E-state index contributed by atoms with van der Waals surface area (Å²) in [7, 11) is 0. The number of nitrogens with one attached hydrogen (secondary N) is 1. The molecule has 1 atom stereocenters. The van der Waals surface area contributed by atoms with E-state index in [-0.39, 0.29) is 6.04 Å². The second-order valence-electron chi connectivity index (χ2n) is 6.11. The fourth-order valence-electron chi connectivity index (χ4n) is 2.98. The van der Waals surface area contributed by atoms with E-state index in [9.17, 15) is 8.78 Å². The standard InChI is InChI=1S/C16H18F2N6/c1-9-10(2)22-24-14-8-12(18)11(17)7-13(14)21-15(16(24)20-9)23-5-3-19-4-6-23/h7-9,19H,3-6H2,1-2H3. The molecule has 3 aliphatic heterocycles. The van der Waals surface area contributed by atoms with Gasteiger partial charge in [0.05, 0.1) is 23.1 Å². The van der Waals surface area contributed by atoms with Crippen LogP contribution in [0.5, 0.6) is 0 Å². The molecule has 24 heavy (non-hydrogen) atoms. The molecule has 0 radical (unpaired) electrons. The highest BCUT2D eigenvalue weighted by Gasteiger charge is 2.34. The maximum absolute atomic E-state index is 13.7. The highest BCUT2D eigenvalue weighted by Crippen LogP contribution is 2.37. The minimum absolute atomic E-state index is 0.0730. The number of aliphatic imine (C=N–C) groups is 2. The number of anilines is 1. The van der Waals surface area contributed by atoms with Gasteiger partial charge in [0.2, 0.25) is 0 Å². The maximum Gasteiger partial charge on any atom is 0.193 e. The van der Waals surface area contributed by atoms with E-state index in [1.807, 2.05) is 13.8 Å². The minimum atomic E-state index is -0.916. The summed E-state index contributed by atoms with van der Waals surface area (Å²) in [5, 5.41) is 9.42. The Morgan fingerprint density at radius 3 is 2.58 bits per heavy atom. The number of halogens is 2. The number of benzene rings is 1. The summed E-state index contributed by atoms with van der Waals surface area (Å²) < 4.78 is 27.4. The molecule has 0 saturated carbocycles. The average molecular weight is 332 g/mol. The highest BCUT2D eigenvalue weighted by molar-refractivity contribution is 6.47. The molecule has 0 amide bonds. The molecule has 3 aliphatic rings. The van der Waals surface area contributed by atoms with Gasteiger partial charge in [-0.25, -0.2) is 18.8 Å². The van der Waals surface area contributed by atoms with Gasteiger partial charge in [-0.15, -0.1) is 0 Å². The third-order valence-corrected chi connectivity index (χ3v) is 4.47. The smallest absolute Gasteiger partial charge is 0.193 e. The quantitative estimate of drug-likeness (QED) is 0.789. The van der Waals surface area contributed by atoms with Gasteiger partial charge in [0.1, 0.15) is 0 Å². The highest BCUT2D eigenvalue weighted by atomic mass is 19.2. The van der Waals surface area contributed by atoms with E-state index in [0.29, 0.717) is 23.0 Å². The van der Waals surface area contributed by atoms with E-state index >= 15 is 0 Å². The van der Waals surface area contributed by atoms with Gasteiger partial charge in [-0.05, 0) is 13.8 Å². The summed E-state index contributed by atoms with van der Waals surface area (Å²) >= 11 is 0. The van der Waals surface area contributed by atoms with Crippen molar-refractivity contribution in [3.05, 3.63) is 23.8 Å². The van der Waals surface area contributed by atoms with Crippen LogP contribution < -0.4 is 10.3 Å². The number of hydrogen-bond acceptors (Lipinski definition) is 6. The molecule has 0 aliphatic carbocycles. The van der Waals surface area contributed by atoms with E-state index in [1.54, 1.807) is 5.01 Å². The second kappa shape index (κ2) is 5.62. The van der Waals surface area contributed by atoms with Crippen molar-refractivity contribution in [3.8, 4) is 0 Å². The summed E-state index contributed by atoms with van der Waals surface area (Å²) in [6, 6.07) is 2.17. The molecule has 1 fully saturated rings. The number of amidine groups is 2. The van der Waals surface area contributed by atoms with E-state index in [0.717, 1.165) is 44.0 Å². The molecule has 126 valence electrons. The summed E-state index contributed by atoms with van der Waals surface area (Å²) in [5.41, 5.74) is 1.60. The Morgan fingerprint density at radius 2 is 1.83 bits per heavy atom. The SMILES string of the molecule is CC1=NN2C(=NC1C)C(N1CCNCC1)=Nc1cc(F)c(F)cc12. The van der Waals surface area contributed by atoms with Gasteiger partial charge < -0.3 is 10.2 Å². The number of hydrazone groups is 1. The van der Waals surface area contributed by atoms with Crippen LogP contribution in [-0.4, -0.2) is 54.5 Å². The minimum Gasteiger partial charge on any atom is -0.351 e. The van der Waals surface area contributed by atoms with E-state index in [1.165, 1.54) is 0 Å². The maximum atomic E-state index is 13.7. The van der Waals surface area contributed by atoms with Crippen LogP contribution in [0.15, 0.2) is 27.2 Å². The monoisotopic (exact) mass is 332 g/mol. The normalized spacial score (nSPS) is 23.2. The third kappa shape index (κ3) is 2.37. The van der Waals surface area contributed by atoms with Gasteiger partial charge in [-0.3, -0.25) is 4.99 Å². The molecule has 6 nitrogen and oxygen atoms in total. The zero-order valence-corrected chi connectivity index (χ0v) is 13.6. The Labute approximate surface area is 138 Å². The molecular formula is C16H18F2N6. The fourth-order valence-corrected chi connectivity index (χ4v) is 2.98. The molecule has 1 saturated heterocycles. The first-order valence-corrected chi connectivity index (χ1v) is 8.01. The predicted octanol–water partition coefficient (Wildman–Crippen LogP) is 1.90. The summed E-state index contributed by atoms with van der Waals surface area (Å²) in [6.07, 6.45) is 0. The molecule has 1 unspecified atom stereocenters. The first-order valence-electron chi connectivity index (χ1n) is 8.01. The molecule has 8 heteroatoms. The van der Waals surface area contributed by atoms with Crippen molar-refractivity contribution in [2.45, 2.75) is 19.9 Å². The Kier molecular flexibility index (Phi) is 3.56. The predicted molar refractivity (Wildman–Crippen MR) is 90.4 cm³/mol. The van der Waals surface area contributed by atoms with E-state index in [2.05, 4.69) is 20.3 Å². The van der Waals surface area contributed by atoms with Gasteiger partial charge >= 0.3 is 0 Å². The first-order chi connectivity index (χ1) is 11.5. The zero-order valence-electron chi connectivity index (χ0n) is 13.6. The van der Waals surface area contributed by atoms with Gasteiger partial charge in [0, 0.05) is 38.3 Å². The lowest BCUT2D eigenvalue weighted by Crippen LogP contribution is -2.53. The van der Waals surface area contributed by atoms with Crippen molar-refractivity contribution < 1.29 is 8.78 Å². The van der Waals surface area contributed by atoms with Crippen molar-refractivity contribution in [2.75, 3.05) is 31.2 Å². The summed E-state index contributed by atoms with van der Waals surface area (Å²) in [4.78, 5) is 11.4. The molecular weight excluding hydrogens is 314 g/mol. The molecule has 0 bridgehead atoms. The van der Waals surface area contributed by atoms with Gasteiger partial charge in [0.15, 0.2) is 23.3 Å². The molecule has 0 aromatic heterocycles. The Hall–Kier alpha value is -2.35. The van der Waals surface area contributed by atoms with Crippen LogP contribution >= 0.6 is 0 Å². The van der Waals surface area contributed by atoms with Gasteiger partial charge in [-0.2, -0.15) is 5.10 Å². The summed E-state index contributed by atoms with van der Waals surface area (Å²) in [6.45, 7) is 7.08. The number of fused-ring (bicyclic) bond motifs is 3. The third-order valence-electron chi connectivity index (χ3n) is 4.47. The van der Waals surface area contributed by atoms with Crippen molar-refractivity contribution in [2.24, 2.45) is 15.1 Å². The second-order valence-corrected chi connectivity index (χ2v) is 6.11. The molecule has 0 spiro atoms. The van der Waals surface area contributed by atoms with Gasteiger partial charge in [0.25, 0.3) is 0 Å². The molecule has 1 N–H and O–H groups in total. The number of piperazine rings is 1. The topological polar surface area (TPSA) is 55.6 Å². The van der Waals surface area contributed by atoms with Crippen LogP contribution in [0.4, 0.5) is 20.2 Å². The fraction of sp³-hybridized carbons (Fsp3) is 0.438.